The summed E-state index contributed by atoms with van der Waals surface area (Å²) >= 11 is 1.18. The molecule has 0 saturated carbocycles. The van der Waals surface area contributed by atoms with Crippen molar-refractivity contribution in [2.75, 3.05) is 5.32 Å². The van der Waals surface area contributed by atoms with Gasteiger partial charge in [-0.3, -0.25) is 4.79 Å². The van der Waals surface area contributed by atoms with Crippen molar-refractivity contribution in [2.45, 2.75) is 6.18 Å². The predicted octanol–water partition coefficient (Wildman–Crippen LogP) is 3.55. The molecule has 19 heavy (non-hydrogen) atoms. The monoisotopic (exact) mass is 290 g/mol. The normalized spacial score (nSPS) is 11.4. The topological polar surface area (TPSA) is 42.0 Å². The number of carbonyl (C=O) groups is 1. The predicted molar refractivity (Wildman–Crippen MR) is 61.5 cm³/mol. The Morgan fingerprint density at radius 2 is 2.05 bits per heavy atom. The van der Waals surface area contributed by atoms with Gasteiger partial charge in [0.15, 0.2) is 0 Å². The van der Waals surface area contributed by atoms with E-state index in [9.17, 15) is 22.4 Å². The Bertz CT molecular complexity index is 595. The first-order valence-electron chi connectivity index (χ1n) is 4.94. The van der Waals surface area contributed by atoms with Crippen LogP contribution in [0.5, 0.6) is 0 Å². The standard InChI is InChI=1S/C11H6F4N2OS/c12-8-2-1-6(3-7(8)11(13,14)15)17-10(18)9-4-19-5-16-9/h1-5H,(H,17,18). The van der Waals surface area contributed by atoms with Crippen molar-refractivity contribution in [3.63, 3.8) is 0 Å². The van der Waals surface area contributed by atoms with Crippen molar-refractivity contribution in [1.82, 2.24) is 4.98 Å². The van der Waals surface area contributed by atoms with Crippen molar-refractivity contribution < 1.29 is 22.4 Å². The molecule has 1 N–H and O–H groups in total. The molecule has 1 heterocycles. The number of hydrogen-bond acceptors (Lipinski definition) is 3. The molecule has 2 aromatic rings. The summed E-state index contributed by atoms with van der Waals surface area (Å²) in [6, 6.07) is 2.24. The van der Waals surface area contributed by atoms with Crippen LogP contribution in [0.25, 0.3) is 0 Å². The van der Waals surface area contributed by atoms with Crippen molar-refractivity contribution >= 4 is 22.9 Å². The number of halogens is 4. The summed E-state index contributed by atoms with van der Waals surface area (Å²) in [6.07, 6.45) is -4.81. The molecule has 1 amide bonds. The number of carbonyl (C=O) groups excluding carboxylic acids is 1. The van der Waals surface area contributed by atoms with Crippen LogP contribution < -0.4 is 5.32 Å². The Morgan fingerprint density at radius 3 is 2.63 bits per heavy atom. The SMILES string of the molecule is O=C(Nc1ccc(F)c(C(F)(F)F)c1)c1cscn1. The van der Waals surface area contributed by atoms with E-state index in [4.69, 9.17) is 0 Å². The van der Waals surface area contributed by atoms with E-state index in [1.165, 1.54) is 22.2 Å². The highest BCUT2D eigenvalue weighted by molar-refractivity contribution is 7.07. The average Bonchev–Trinajstić information content (AvgIpc) is 2.83. The Hall–Kier alpha value is -1.96. The second-order valence-electron chi connectivity index (χ2n) is 3.52. The molecule has 0 unspecified atom stereocenters. The van der Waals surface area contributed by atoms with E-state index < -0.39 is 23.5 Å². The van der Waals surface area contributed by atoms with E-state index >= 15 is 0 Å². The van der Waals surface area contributed by atoms with Crippen LogP contribution in [0.15, 0.2) is 29.1 Å². The maximum Gasteiger partial charge on any atom is 0.419 e. The molecule has 0 aliphatic heterocycles. The number of benzene rings is 1. The molecule has 0 saturated heterocycles. The number of anilines is 1. The Kier molecular flexibility index (Phi) is 3.52. The molecule has 0 aliphatic rings. The molecule has 0 spiro atoms. The van der Waals surface area contributed by atoms with Crippen molar-refractivity contribution in [3.8, 4) is 0 Å². The number of alkyl halides is 3. The van der Waals surface area contributed by atoms with Crippen LogP contribution in [0.3, 0.4) is 0 Å². The van der Waals surface area contributed by atoms with Crippen LogP contribution in [0.4, 0.5) is 23.2 Å². The van der Waals surface area contributed by atoms with E-state index in [0.717, 1.165) is 6.07 Å². The minimum absolute atomic E-state index is 0.0860. The van der Waals surface area contributed by atoms with Crippen molar-refractivity contribution in [2.24, 2.45) is 0 Å². The summed E-state index contributed by atoms with van der Waals surface area (Å²) in [5, 5.41) is 3.67. The number of nitrogens with zero attached hydrogens (tertiary/aromatic N) is 1. The van der Waals surface area contributed by atoms with E-state index in [-0.39, 0.29) is 11.4 Å². The number of hydrogen-bond donors (Lipinski definition) is 1. The highest BCUT2D eigenvalue weighted by Gasteiger charge is 2.34. The highest BCUT2D eigenvalue weighted by Crippen LogP contribution is 2.33. The maximum atomic E-state index is 13.0. The van der Waals surface area contributed by atoms with Gasteiger partial charge in [0.25, 0.3) is 5.91 Å². The molecule has 0 fully saturated rings. The van der Waals surface area contributed by atoms with Crippen LogP contribution in [0.2, 0.25) is 0 Å². The summed E-state index contributed by atoms with van der Waals surface area (Å²) < 4.78 is 50.5. The number of rotatable bonds is 2. The molecular weight excluding hydrogens is 284 g/mol. The Balaban J connectivity index is 2.25. The fourth-order valence-electron chi connectivity index (χ4n) is 1.34. The molecule has 100 valence electrons. The lowest BCUT2D eigenvalue weighted by molar-refractivity contribution is -0.139. The number of thiazole rings is 1. The molecule has 1 aromatic carbocycles. The number of nitrogens with one attached hydrogen (secondary N) is 1. The molecule has 1 aromatic heterocycles. The van der Waals surface area contributed by atoms with Gasteiger partial charge in [-0.15, -0.1) is 11.3 Å². The molecule has 0 radical (unpaired) electrons. The van der Waals surface area contributed by atoms with Crippen molar-refractivity contribution in [1.29, 1.82) is 0 Å². The van der Waals surface area contributed by atoms with Gasteiger partial charge in [0.2, 0.25) is 0 Å². The maximum absolute atomic E-state index is 13.0. The second-order valence-corrected chi connectivity index (χ2v) is 4.24. The lowest BCUT2D eigenvalue weighted by atomic mass is 10.2. The van der Waals surface area contributed by atoms with Gasteiger partial charge in [-0.25, -0.2) is 9.37 Å². The van der Waals surface area contributed by atoms with Gasteiger partial charge in [-0.2, -0.15) is 13.2 Å². The molecule has 0 bridgehead atoms. The van der Waals surface area contributed by atoms with Gasteiger partial charge in [0, 0.05) is 11.1 Å². The number of aromatic nitrogens is 1. The number of amides is 1. The zero-order valence-electron chi connectivity index (χ0n) is 9.16. The lowest BCUT2D eigenvalue weighted by Crippen LogP contribution is -2.14. The Morgan fingerprint density at radius 1 is 1.32 bits per heavy atom. The molecule has 0 aliphatic carbocycles. The van der Waals surface area contributed by atoms with E-state index in [0.29, 0.717) is 12.1 Å². The fraction of sp³-hybridized carbons (Fsp3) is 0.0909. The molecule has 8 heteroatoms. The highest BCUT2D eigenvalue weighted by atomic mass is 32.1. The van der Waals surface area contributed by atoms with Gasteiger partial charge in [-0.1, -0.05) is 0 Å². The average molecular weight is 290 g/mol. The smallest absolute Gasteiger partial charge is 0.321 e. The third kappa shape index (κ3) is 3.08. The molecule has 0 atom stereocenters. The van der Waals surface area contributed by atoms with E-state index in [2.05, 4.69) is 10.3 Å². The fourth-order valence-corrected chi connectivity index (χ4v) is 1.87. The van der Waals surface area contributed by atoms with Crippen molar-refractivity contribution in [3.05, 3.63) is 46.2 Å². The van der Waals surface area contributed by atoms with Gasteiger partial charge < -0.3 is 5.32 Å². The van der Waals surface area contributed by atoms with E-state index in [1.807, 2.05) is 0 Å². The van der Waals surface area contributed by atoms with Crippen LogP contribution in [0.1, 0.15) is 16.1 Å². The van der Waals surface area contributed by atoms with Crippen LogP contribution in [0, 0.1) is 5.82 Å². The Labute approximate surface area is 108 Å². The molecular formula is C11H6F4N2OS. The third-order valence-corrected chi connectivity index (χ3v) is 2.78. The minimum Gasteiger partial charge on any atom is -0.321 e. The van der Waals surface area contributed by atoms with Crippen LogP contribution in [-0.4, -0.2) is 10.9 Å². The zero-order chi connectivity index (χ0) is 14.0. The summed E-state index contributed by atoms with van der Waals surface area (Å²) in [6.45, 7) is 0. The summed E-state index contributed by atoms with van der Waals surface area (Å²) in [7, 11) is 0. The van der Waals surface area contributed by atoms with Crippen LogP contribution >= 0.6 is 11.3 Å². The third-order valence-electron chi connectivity index (χ3n) is 2.19. The van der Waals surface area contributed by atoms with Gasteiger partial charge >= 0.3 is 6.18 Å². The van der Waals surface area contributed by atoms with Gasteiger partial charge in [0.05, 0.1) is 11.1 Å². The first-order valence-corrected chi connectivity index (χ1v) is 5.88. The molecule has 2 rings (SSSR count). The minimum atomic E-state index is -4.81. The van der Waals surface area contributed by atoms with Gasteiger partial charge in [-0.05, 0) is 18.2 Å². The first kappa shape index (κ1) is 13.5. The largest absolute Gasteiger partial charge is 0.419 e. The zero-order valence-corrected chi connectivity index (χ0v) is 9.98. The quantitative estimate of drug-likeness (QED) is 0.859. The second kappa shape index (κ2) is 4.96. The summed E-state index contributed by atoms with van der Waals surface area (Å²) in [5.41, 5.74) is -0.0704. The van der Waals surface area contributed by atoms with E-state index in [1.54, 1.807) is 0 Å². The van der Waals surface area contributed by atoms with Gasteiger partial charge in [0.1, 0.15) is 11.5 Å². The van der Waals surface area contributed by atoms with Crippen LogP contribution in [-0.2, 0) is 6.18 Å². The first-order chi connectivity index (χ1) is 8.88. The lowest BCUT2D eigenvalue weighted by Gasteiger charge is -2.10. The summed E-state index contributed by atoms with van der Waals surface area (Å²) in [4.78, 5) is 15.3. The summed E-state index contributed by atoms with van der Waals surface area (Å²) in [5.74, 6) is -2.04. The molecule has 3 nitrogen and oxygen atoms in total.